The van der Waals surface area contributed by atoms with E-state index in [-0.39, 0.29) is 11.0 Å². The highest BCUT2D eigenvalue weighted by Gasteiger charge is 2.51. The second-order valence-corrected chi connectivity index (χ2v) is 5.07. The van der Waals surface area contributed by atoms with Gasteiger partial charge >= 0.3 is 6.18 Å². The number of pyridine rings is 1. The van der Waals surface area contributed by atoms with Gasteiger partial charge in [0.05, 0.1) is 29.8 Å². The lowest BCUT2D eigenvalue weighted by molar-refractivity contribution is -0.176. The minimum Gasteiger partial charge on any atom is -0.380 e. The molecule has 0 N–H and O–H groups in total. The van der Waals surface area contributed by atoms with Crippen molar-refractivity contribution in [1.82, 2.24) is 9.88 Å². The Morgan fingerprint density at radius 2 is 2.05 bits per heavy atom. The first-order valence-corrected chi connectivity index (χ1v) is 5.80. The Kier molecular flexibility index (Phi) is 2.57. The van der Waals surface area contributed by atoms with E-state index in [9.17, 15) is 18.0 Å². The molecule has 0 aromatic carbocycles. The molecule has 0 radical (unpaired) electrons. The van der Waals surface area contributed by atoms with Crippen LogP contribution in [0.5, 0.6) is 0 Å². The molecule has 2 fully saturated rings. The molecule has 7 heteroatoms. The van der Waals surface area contributed by atoms with E-state index in [2.05, 4.69) is 4.98 Å². The topological polar surface area (TPSA) is 42.4 Å². The fourth-order valence-corrected chi connectivity index (χ4v) is 2.46. The molecule has 1 spiro atoms. The summed E-state index contributed by atoms with van der Waals surface area (Å²) < 4.78 is 43.5. The van der Waals surface area contributed by atoms with Crippen molar-refractivity contribution in [2.24, 2.45) is 5.41 Å². The number of aromatic nitrogens is 1. The molecule has 0 aliphatic carbocycles. The molecule has 0 bridgehead atoms. The van der Waals surface area contributed by atoms with E-state index < -0.39 is 17.6 Å². The summed E-state index contributed by atoms with van der Waals surface area (Å²) in [6, 6.07) is 0.829. The molecular weight excluding hydrogens is 261 g/mol. The van der Waals surface area contributed by atoms with E-state index in [1.165, 1.54) is 4.90 Å². The summed E-state index contributed by atoms with van der Waals surface area (Å²) in [5.74, 6) is -0.613. The Hall–Kier alpha value is -1.63. The standard InChI is InChI=1S/C12H11F3N2O2/c13-12(14,15)9-1-2-16-3-8(9)10(18)17-4-11(5-17)6-19-7-11/h1-3H,4-7H2. The van der Waals surface area contributed by atoms with E-state index >= 15 is 0 Å². The molecule has 0 unspecified atom stereocenters. The minimum absolute atomic E-state index is 0.0176. The van der Waals surface area contributed by atoms with E-state index in [4.69, 9.17) is 4.74 Å². The van der Waals surface area contributed by atoms with E-state index in [1.807, 2.05) is 0 Å². The van der Waals surface area contributed by atoms with Crippen LogP contribution in [0.15, 0.2) is 18.5 Å². The van der Waals surface area contributed by atoms with Gasteiger partial charge in [0.1, 0.15) is 0 Å². The fourth-order valence-electron chi connectivity index (χ4n) is 2.46. The number of rotatable bonds is 1. The van der Waals surface area contributed by atoms with Crippen LogP contribution in [0.25, 0.3) is 0 Å². The predicted octanol–water partition coefficient (Wildman–Crippen LogP) is 1.57. The Morgan fingerprint density at radius 1 is 1.37 bits per heavy atom. The van der Waals surface area contributed by atoms with Crippen molar-refractivity contribution in [3.05, 3.63) is 29.6 Å². The van der Waals surface area contributed by atoms with E-state index in [0.29, 0.717) is 26.3 Å². The molecule has 19 heavy (non-hydrogen) atoms. The molecule has 4 nitrogen and oxygen atoms in total. The first-order chi connectivity index (χ1) is 8.91. The first kappa shape index (κ1) is 12.4. The molecule has 3 heterocycles. The van der Waals surface area contributed by atoms with Crippen LogP contribution >= 0.6 is 0 Å². The number of likely N-dealkylation sites (tertiary alicyclic amines) is 1. The Balaban J connectivity index is 1.81. The van der Waals surface area contributed by atoms with Gasteiger partial charge in [0.15, 0.2) is 0 Å². The number of hydrogen-bond donors (Lipinski definition) is 0. The van der Waals surface area contributed by atoms with Crippen molar-refractivity contribution in [3.8, 4) is 0 Å². The molecule has 2 aliphatic heterocycles. The van der Waals surface area contributed by atoms with Crippen LogP contribution in [0.2, 0.25) is 0 Å². The number of carbonyl (C=O) groups excluding carboxylic acids is 1. The maximum absolute atomic E-state index is 12.8. The maximum atomic E-state index is 12.8. The van der Waals surface area contributed by atoms with Crippen molar-refractivity contribution in [3.63, 3.8) is 0 Å². The Bertz CT molecular complexity index is 518. The van der Waals surface area contributed by atoms with E-state index in [1.54, 1.807) is 0 Å². The van der Waals surface area contributed by atoms with Gasteiger partial charge in [0.2, 0.25) is 0 Å². The molecule has 3 rings (SSSR count). The normalized spacial score (nSPS) is 20.9. The number of ether oxygens (including phenoxy) is 1. The fraction of sp³-hybridized carbons (Fsp3) is 0.500. The van der Waals surface area contributed by atoms with Gasteiger partial charge in [0, 0.05) is 25.5 Å². The Labute approximate surface area is 107 Å². The summed E-state index contributed by atoms with van der Waals surface area (Å²) >= 11 is 0. The molecule has 1 aromatic heterocycles. The zero-order valence-electron chi connectivity index (χ0n) is 9.91. The van der Waals surface area contributed by atoms with E-state index in [0.717, 1.165) is 18.5 Å². The summed E-state index contributed by atoms with van der Waals surface area (Å²) in [5.41, 5.74) is -1.33. The quantitative estimate of drug-likeness (QED) is 0.779. The molecule has 102 valence electrons. The SMILES string of the molecule is O=C(c1cnccc1C(F)(F)F)N1CC2(COC2)C1. The van der Waals surface area contributed by atoms with Gasteiger partial charge in [-0.05, 0) is 6.07 Å². The van der Waals surface area contributed by atoms with Gasteiger partial charge in [-0.25, -0.2) is 0 Å². The lowest BCUT2D eigenvalue weighted by Crippen LogP contribution is -2.67. The second-order valence-electron chi connectivity index (χ2n) is 5.07. The van der Waals surface area contributed by atoms with Gasteiger partial charge in [-0.15, -0.1) is 0 Å². The molecule has 2 saturated heterocycles. The zero-order valence-corrected chi connectivity index (χ0v) is 9.91. The summed E-state index contributed by atoms with van der Waals surface area (Å²) in [6.45, 7) is 2.07. The van der Waals surface area contributed by atoms with Crippen LogP contribution in [0.3, 0.4) is 0 Å². The molecule has 1 amide bonds. The highest BCUT2D eigenvalue weighted by Crippen LogP contribution is 2.39. The third kappa shape index (κ3) is 1.98. The summed E-state index contributed by atoms with van der Waals surface area (Å²) in [5, 5.41) is 0. The number of nitrogens with zero attached hydrogens (tertiary/aromatic N) is 2. The molecule has 0 atom stereocenters. The number of alkyl halides is 3. The summed E-state index contributed by atoms with van der Waals surface area (Å²) in [4.78, 5) is 17.1. The molecule has 2 aliphatic rings. The Morgan fingerprint density at radius 3 is 2.58 bits per heavy atom. The van der Waals surface area contributed by atoms with Gasteiger partial charge < -0.3 is 9.64 Å². The lowest BCUT2D eigenvalue weighted by Gasteiger charge is -2.54. The van der Waals surface area contributed by atoms with Crippen LogP contribution in [0.1, 0.15) is 15.9 Å². The minimum atomic E-state index is -4.55. The second kappa shape index (κ2) is 3.93. The zero-order chi connectivity index (χ0) is 13.7. The molecular formula is C12H11F3N2O2. The van der Waals surface area contributed by atoms with Gasteiger partial charge in [-0.3, -0.25) is 9.78 Å². The smallest absolute Gasteiger partial charge is 0.380 e. The van der Waals surface area contributed by atoms with Crippen molar-refractivity contribution in [1.29, 1.82) is 0 Å². The van der Waals surface area contributed by atoms with Crippen molar-refractivity contribution < 1.29 is 22.7 Å². The van der Waals surface area contributed by atoms with Crippen LogP contribution in [-0.2, 0) is 10.9 Å². The summed E-state index contributed by atoms with van der Waals surface area (Å²) in [7, 11) is 0. The number of halogens is 3. The lowest BCUT2D eigenvalue weighted by atomic mass is 9.77. The molecule has 0 saturated carbocycles. The van der Waals surface area contributed by atoms with Crippen LogP contribution < -0.4 is 0 Å². The average molecular weight is 272 g/mol. The average Bonchev–Trinajstić information content (AvgIpc) is 2.24. The first-order valence-electron chi connectivity index (χ1n) is 5.80. The highest BCUT2D eigenvalue weighted by atomic mass is 19.4. The number of carbonyl (C=O) groups is 1. The van der Waals surface area contributed by atoms with Gasteiger partial charge in [-0.2, -0.15) is 13.2 Å². The van der Waals surface area contributed by atoms with Crippen LogP contribution in [0.4, 0.5) is 13.2 Å². The highest BCUT2D eigenvalue weighted by molar-refractivity contribution is 5.96. The van der Waals surface area contributed by atoms with Crippen LogP contribution in [-0.4, -0.2) is 42.1 Å². The van der Waals surface area contributed by atoms with Crippen molar-refractivity contribution in [2.45, 2.75) is 6.18 Å². The number of amides is 1. The predicted molar refractivity (Wildman–Crippen MR) is 58.4 cm³/mol. The monoisotopic (exact) mass is 272 g/mol. The van der Waals surface area contributed by atoms with Crippen molar-refractivity contribution in [2.75, 3.05) is 26.3 Å². The van der Waals surface area contributed by atoms with Crippen LogP contribution in [0, 0.1) is 5.41 Å². The van der Waals surface area contributed by atoms with Crippen molar-refractivity contribution >= 4 is 5.91 Å². The third-order valence-corrected chi connectivity index (χ3v) is 3.51. The molecule has 1 aromatic rings. The number of hydrogen-bond acceptors (Lipinski definition) is 3. The largest absolute Gasteiger partial charge is 0.417 e. The summed E-state index contributed by atoms with van der Waals surface area (Å²) in [6.07, 6.45) is -2.53. The maximum Gasteiger partial charge on any atom is 0.417 e. The van der Waals surface area contributed by atoms with Gasteiger partial charge in [-0.1, -0.05) is 0 Å². The van der Waals surface area contributed by atoms with Gasteiger partial charge in [0.25, 0.3) is 5.91 Å². The third-order valence-electron chi connectivity index (χ3n) is 3.51.